The van der Waals surface area contributed by atoms with E-state index in [1.54, 1.807) is 0 Å². The molecule has 2 rings (SSSR count). The summed E-state index contributed by atoms with van der Waals surface area (Å²) in [5, 5.41) is 9.87. The van der Waals surface area contributed by atoms with Crippen LogP contribution in [0.15, 0.2) is 18.2 Å². The van der Waals surface area contributed by atoms with Gasteiger partial charge in [0.2, 0.25) is 0 Å². The van der Waals surface area contributed by atoms with Crippen molar-refractivity contribution in [2.24, 2.45) is 0 Å². The van der Waals surface area contributed by atoms with Gasteiger partial charge in [-0.2, -0.15) is 0 Å². The Morgan fingerprint density at radius 1 is 1.17 bits per heavy atom. The van der Waals surface area contributed by atoms with E-state index in [4.69, 9.17) is 5.11 Å². The maximum atomic E-state index is 10.7. The van der Waals surface area contributed by atoms with E-state index in [0.717, 1.165) is 22.2 Å². The van der Waals surface area contributed by atoms with Crippen molar-refractivity contribution < 1.29 is 9.90 Å². The lowest BCUT2D eigenvalue weighted by Gasteiger charge is -2.09. The summed E-state index contributed by atoms with van der Waals surface area (Å²) in [6.45, 7) is 6.07. The minimum absolute atomic E-state index is 0.158. The lowest BCUT2D eigenvalue weighted by molar-refractivity contribution is -0.136. The van der Waals surface area contributed by atoms with Crippen molar-refractivity contribution in [2.45, 2.75) is 33.6 Å². The van der Waals surface area contributed by atoms with Crippen LogP contribution in [0, 0.1) is 20.8 Å². The summed E-state index contributed by atoms with van der Waals surface area (Å²) in [5.74, 6) is -0.763. The molecule has 1 heterocycles. The second-order valence-corrected chi connectivity index (χ2v) is 4.77. The molecule has 0 radical (unpaired) electrons. The van der Waals surface area contributed by atoms with Gasteiger partial charge in [0.25, 0.3) is 0 Å². The Balaban J connectivity index is 2.56. The molecule has 0 atom stereocenters. The van der Waals surface area contributed by atoms with E-state index in [1.807, 2.05) is 13.0 Å². The second-order valence-electron chi connectivity index (χ2n) is 4.77. The molecule has 1 aromatic heterocycles. The first-order valence-electron chi connectivity index (χ1n) is 6.06. The van der Waals surface area contributed by atoms with Crippen LogP contribution in [-0.2, 0) is 11.2 Å². The van der Waals surface area contributed by atoms with Gasteiger partial charge in [-0.15, -0.1) is 0 Å². The second kappa shape index (κ2) is 4.77. The maximum absolute atomic E-state index is 10.7. The third kappa shape index (κ3) is 2.50. The van der Waals surface area contributed by atoms with Crippen LogP contribution >= 0.6 is 0 Å². The van der Waals surface area contributed by atoms with Gasteiger partial charge in [0.1, 0.15) is 0 Å². The van der Waals surface area contributed by atoms with Gasteiger partial charge in [-0.25, -0.2) is 0 Å². The normalized spacial score (nSPS) is 10.8. The lowest BCUT2D eigenvalue weighted by atomic mass is 9.99. The third-order valence-corrected chi connectivity index (χ3v) is 3.25. The van der Waals surface area contributed by atoms with Gasteiger partial charge in [0, 0.05) is 17.5 Å². The smallest absolute Gasteiger partial charge is 0.303 e. The van der Waals surface area contributed by atoms with Crippen LogP contribution in [0.3, 0.4) is 0 Å². The van der Waals surface area contributed by atoms with Crippen molar-refractivity contribution in [3.05, 3.63) is 40.6 Å². The number of aliphatic carboxylic acids is 1. The SMILES string of the molecule is Cc1cc(CCC(=O)O)c2cc(C)c(C)cc2n1. The number of hydrogen-bond donors (Lipinski definition) is 1. The van der Waals surface area contributed by atoms with Crippen molar-refractivity contribution in [3.63, 3.8) is 0 Å². The Morgan fingerprint density at radius 3 is 2.50 bits per heavy atom. The lowest BCUT2D eigenvalue weighted by Crippen LogP contribution is -2.00. The number of pyridine rings is 1. The number of fused-ring (bicyclic) bond motifs is 1. The largest absolute Gasteiger partial charge is 0.481 e. The summed E-state index contributed by atoms with van der Waals surface area (Å²) in [6.07, 6.45) is 0.711. The predicted molar refractivity (Wildman–Crippen MR) is 71.9 cm³/mol. The molecule has 18 heavy (non-hydrogen) atoms. The molecule has 0 spiro atoms. The third-order valence-electron chi connectivity index (χ3n) is 3.25. The summed E-state index contributed by atoms with van der Waals surface area (Å²) in [5.41, 5.74) is 5.39. The van der Waals surface area contributed by atoms with Crippen LogP contribution < -0.4 is 0 Å². The van der Waals surface area contributed by atoms with E-state index in [9.17, 15) is 4.79 Å². The van der Waals surface area contributed by atoms with E-state index < -0.39 is 5.97 Å². The molecule has 1 aromatic carbocycles. The fourth-order valence-corrected chi connectivity index (χ4v) is 2.15. The van der Waals surface area contributed by atoms with Crippen molar-refractivity contribution in [1.82, 2.24) is 4.98 Å². The van der Waals surface area contributed by atoms with Gasteiger partial charge in [0.05, 0.1) is 5.52 Å². The van der Waals surface area contributed by atoms with E-state index in [1.165, 1.54) is 11.1 Å². The Morgan fingerprint density at radius 2 is 1.83 bits per heavy atom. The molecule has 2 aromatic rings. The number of carboxylic acids is 1. The first-order valence-corrected chi connectivity index (χ1v) is 6.06. The number of nitrogens with zero attached hydrogens (tertiary/aromatic N) is 1. The van der Waals surface area contributed by atoms with Crippen LogP contribution in [-0.4, -0.2) is 16.1 Å². The number of rotatable bonds is 3. The van der Waals surface area contributed by atoms with E-state index >= 15 is 0 Å². The molecule has 1 N–H and O–H groups in total. The standard InChI is InChI=1S/C15H17NO2/c1-9-6-13-12(4-5-15(17)18)8-11(3)16-14(13)7-10(9)2/h6-8H,4-5H2,1-3H3,(H,17,18). The van der Waals surface area contributed by atoms with Crippen LogP contribution in [0.4, 0.5) is 0 Å². The number of benzene rings is 1. The number of aryl methyl sites for hydroxylation is 4. The highest BCUT2D eigenvalue weighted by atomic mass is 16.4. The van der Waals surface area contributed by atoms with Gasteiger partial charge in [-0.3, -0.25) is 9.78 Å². The highest BCUT2D eigenvalue weighted by Crippen LogP contribution is 2.23. The fourth-order valence-electron chi connectivity index (χ4n) is 2.15. The van der Waals surface area contributed by atoms with E-state index in [-0.39, 0.29) is 6.42 Å². The molecule has 0 aliphatic heterocycles. The zero-order valence-electron chi connectivity index (χ0n) is 10.9. The summed E-state index contributed by atoms with van der Waals surface area (Å²) >= 11 is 0. The van der Waals surface area contributed by atoms with Crippen molar-refractivity contribution in [3.8, 4) is 0 Å². The molecule has 0 amide bonds. The minimum Gasteiger partial charge on any atom is -0.481 e. The summed E-state index contributed by atoms with van der Waals surface area (Å²) in [4.78, 5) is 15.2. The molecule has 0 bridgehead atoms. The quantitative estimate of drug-likeness (QED) is 0.900. The first-order chi connectivity index (χ1) is 8.47. The molecule has 0 aliphatic carbocycles. The topological polar surface area (TPSA) is 50.2 Å². The Labute approximate surface area is 106 Å². The van der Waals surface area contributed by atoms with Gasteiger partial charge < -0.3 is 5.11 Å². The molecule has 0 fully saturated rings. The monoisotopic (exact) mass is 243 g/mol. The number of carbonyl (C=O) groups is 1. The van der Waals surface area contributed by atoms with Gasteiger partial charge in [-0.05, 0) is 62.1 Å². The molecular formula is C15H17NO2. The summed E-state index contributed by atoms with van der Waals surface area (Å²) in [6, 6.07) is 6.16. The van der Waals surface area contributed by atoms with E-state index in [0.29, 0.717) is 6.42 Å². The Kier molecular flexibility index (Phi) is 3.32. The maximum Gasteiger partial charge on any atom is 0.303 e. The minimum atomic E-state index is -0.763. The Hall–Kier alpha value is -1.90. The number of aromatic nitrogens is 1. The molecule has 3 heteroatoms. The van der Waals surface area contributed by atoms with Crippen LogP contribution in [0.25, 0.3) is 10.9 Å². The number of carboxylic acid groups (broad SMARTS) is 1. The highest BCUT2D eigenvalue weighted by molar-refractivity contribution is 5.84. The average Bonchev–Trinajstić information content (AvgIpc) is 2.28. The van der Waals surface area contributed by atoms with Crippen LogP contribution in [0.2, 0.25) is 0 Å². The molecule has 0 aliphatic rings. The van der Waals surface area contributed by atoms with Crippen LogP contribution in [0.5, 0.6) is 0 Å². The first kappa shape index (κ1) is 12.6. The molecular weight excluding hydrogens is 226 g/mol. The average molecular weight is 243 g/mol. The Bertz CT molecular complexity index is 617. The summed E-state index contributed by atoms with van der Waals surface area (Å²) in [7, 11) is 0. The fraction of sp³-hybridized carbons (Fsp3) is 0.333. The van der Waals surface area contributed by atoms with Gasteiger partial charge in [0.15, 0.2) is 0 Å². The zero-order valence-corrected chi connectivity index (χ0v) is 10.9. The zero-order chi connectivity index (χ0) is 13.3. The van der Waals surface area contributed by atoms with Gasteiger partial charge in [-0.1, -0.05) is 0 Å². The molecule has 3 nitrogen and oxygen atoms in total. The molecule has 0 saturated carbocycles. The number of hydrogen-bond acceptors (Lipinski definition) is 2. The highest BCUT2D eigenvalue weighted by Gasteiger charge is 2.08. The molecule has 94 valence electrons. The van der Waals surface area contributed by atoms with Gasteiger partial charge >= 0.3 is 5.97 Å². The van der Waals surface area contributed by atoms with E-state index in [2.05, 4.69) is 31.0 Å². The summed E-state index contributed by atoms with van der Waals surface area (Å²) < 4.78 is 0. The van der Waals surface area contributed by atoms with Crippen molar-refractivity contribution >= 4 is 16.9 Å². The predicted octanol–water partition coefficient (Wildman–Crippen LogP) is 3.18. The van der Waals surface area contributed by atoms with Crippen molar-refractivity contribution in [2.75, 3.05) is 0 Å². The van der Waals surface area contributed by atoms with Crippen molar-refractivity contribution in [1.29, 1.82) is 0 Å². The molecule has 0 unspecified atom stereocenters. The van der Waals surface area contributed by atoms with Crippen LogP contribution in [0.1, 0.15) is 28.8 Å². The molecule has 0 saturated heterocycles.